The molecule has 4 aromatic rings. The minimum Gasteiger partial charge on any atom is -0.508 e. The molecule has 0 radical (unpaired) electrons. The molecular formula is C34H32O11. The topological polar surface area (TPSA) is 190 Å². The van der Waals surface area contributed by atoms with E-state index in [-0.39, 0.29) is 28.7 Å². The lowest BCUT2D eigenvalue weighted by Crippen LogP contribution is -2.60. The first kappa shape index (κ1) is 30.3. The van der Waals surface area contributed by atoms with Gasteiger partial charge >= 0.3 is 0 Å². The van der Waals surface area contributed by atoms with Crippen LogP contribution in [0.15, 0.2) is 78.9 Å². The average molecular weight is 617 g/mol. The molecule has 234 valence electrons. The third kappa shape index (κ3) is 6.25. The molecule has 8 N–H and O–H groups in total. The summed E-state index contributed by atoms with van der Waals surface area (Å²) in [5.41, 5.74) is 3.54. The molecule has 7 unspecified atom stereocenters. The summed E-state index contributed by atoms with van der Waals surface area (Å²) < 4.78 is 17.4. The van der Waals surface area contributed by atoms with Crippen molar-refractivity contribution in [3.05, 3.63) is 107 Å². The molecular weight excluding hydrogens is 584 g/mol. The summed E-state index contributed by atoms with van der Waals surface area (Å²) in [5.74, 6) is 0.110. The maximum absolute atomic E-state index is 10.3. The fourth-order valence-corrected chi connectivity index (χ4v) is 5.73. The summed E-state index contributed by atoms with van der Waals surface area (Å²) in [6.45, 7) is -0.603. The highest BCUT2D eigenvalue weighted by molar-refractivity contribution is 5.72. The van der Waals surface area contributed by atoms with E-state index in [2.05, 4.69) is 0 Å². The van der Waals surface area contributed by atoms with Gasteiger partial charge in [0.1, 0.15) is 65.0 Å². The first-order valence-electron chi connectivity index (χ1n) is 14.2. The molecule has 4 aromatic carbocycles. The number of aromatic hydroxyl groups is 4. The first-order valence-corrected chi connectivity index (χ1v) is 14.2. The van der Waals surface area contributed by atoms with Crippen LogP contribution in [-0.4, -0.2) is 78.2 Å². The Hall–Kier alpha value is -4.78. The summed E-state index contributed by atoms with van der Waals surface area (Å²) >= 11 is 0. The van der Waals surface area contributed by atoms with E-state index in [1.807, 2.05) is 18.2 Å². The molecule has 2 aliphatic heterocycles. The Bertz CT molecular complexity index is 1680. The van der Waals surface area contributed by atoms with Gasteiger partial charge in [-0.15, -0.1) is 0 Å². The van der Waals surface area contributed by atoms with Crippen LogP contribution in [0.1, 0.15) is 39.8 Å². The van der Waals surface area contributed by atoms with E-state index >= 15 is 0 Å². The van der Waals surface area contributed by atoms with Crippen molar-refractivity contribution < 1.29 is 55.1 Å². The maximum Gasteiger partial charge on any atom is 0.229 e. The van der Waals surface area contributed by atoms with Crippen molar-refractivity contribution in [3.8, 4) is 34.5 Å². The summed E-state index contributed by atoms with van der Waals surface area (Å²) in [7, 11) is 0. The highest BCUT2D eigenvalue weighted by Crippen LogP contribution is 2.51. The maximum atomic E-state index is 10.3. The zero-order valence-electron chi connectivity index (χ0n) is 23.7. The highest BCUT2D eigenvalue weighted by atomic mass is 16.7. The Labute approximate surface area is 257 Å². The fraction of sp³-hybridized carbons (Fsp3) is 0.235. The third-order valence-corrected chi connectivity index (χ3v) is 7.91. The van der Waals surface area contributed by atoms with Gasteiger partial charge in [-0.1, -0.05) is 30.4 Å². The van der Waals surface area contributed by atoms with Crippen molar-refractivity contribution in [1.82, 2.24) is 0 Å². The molecule has 0 spiro atoms. The minimum absolute atomic E-state index is 0.0930. The summed E-state index contributed by atoms with van der Waals surface area (Å²) in [6.07, 6.45) is -4.27. The second-order valence-corrected chi connectivity index (χ2v) is 11.1. The molecule has 7 atom stereocenters. The number of phenolic OH excluding ortho intramolecular Hbond substituents is 4. The van der Waals surface area contributed by atoms with Crippen LogP contribution in [-0.2, 0) is 4.74 Å². The molecule has 2 heterocycles. The van der Waals surface area contributed by atoms with Crippen molar-refractivity contribution >= 4 is 12.2 Å². The Kier molecular flexibility index (Phi) is 8.28. The number of aliphatic hydroxyl groups excluding tert-OH is 4. The molecule has 0 aromatic heterocycles. The first-order chi connectivity index (χ1) is 21.6. The lowest BCUT2D eigenvalue weighted by atomic mass is 9.84. The zero-order chi connectivity index (χ0) is 31.8. The smallest absolute Gasteiger partial charge is 0.229 e. The lowest BCUT2D eigenvalue weighted by molar-refractivity contribution is -0.277. The fourth-order valence-electron chi connectivity index (χ4n) is 5.73. The van der Waals surface area contributed by atoms with Crippen molar-refractivity contribution in [1.29, 1.82) is 0 Å². The van der Waals surface area contributed by atoms with E-state index in [0.717, 1.165) is 16.7 Å². The van der Waals surface area contributed by atoms with Crippen LogP contribution in [0.4, 0.5) is 0 Å². The van der Waals surface area contributed by atoms with Crippen LogP contribution < -0.4 is 9.47 Å². The SMILES string of the molecule is OCC1OC(Oc2cc(O)cc(/C=C/c3ccc4c(c3)C(c3cc(O)cc(O)c3)C(c3ccc(O)cc3)O4)c2)C(O)C(O)C1O. The molecule has 2 aliphatic rings. The number of rotatable bonds is 7. The normalized spacial score (nSPS) is 26.0. The van der Waals surface area contributed by atoms with Crippen molar-refractivity contribution in [3.63, 3.8) is 0 Å². The van der Waals surface area contributed by atoms with E-state index in [1.165, 1.54) is 18.2 Å². The number of benzene rings is 4. The predicted molar refractivity (Wildman–Crippen MR) is 161 cm³/mol. The minimum atomic E-state index is -1.61. The van der Waals surface area contributed by atoms with Crippen LogP contribution in [0.25, 0.3) is 12.2 Å². The molecule has 0 bridgehead atoms. The zero-order valence-corrected chi connectivity index (χ0v) is 23.7. The van der Waals surface area contributed by atoms with Gasteiger partial charge in [0, 0.05) is 17.7 Å². The van der Waals surface area contributed by atoms with E-state index < -0.39 is 49.3 Å². The highest BCUT2D eigenvalue weighted by Gasteiger charge is 2.44. The molecule has 0 aliphatic carbocycles. The van der Waals surface area contributed by atoms with Gasteiger partial charge in [-0.25, -0.2) is 0 Å². The Morgan fingerprint density at radius 2 is 1.33 bits per heavy atom. The Morgan fingerprint density at radius 3 is 2.04 bits per heavy atom. The quantitative estimate of drug-likeness (QED) is 0.142. The van der Waals surface area contributed by atoms with Gasteiger partial charge in [-0.2, -0.15) is 0 Å². The van der Waals surface area contributed by atoms with E-state index in [1.54, 1.807) is 54.6 Å². The van der Waals surface area contributed by atoms with Gasteiger partial charge in [0.25, 0.3) is 0 Å². The van der Waals surface area contributed by atoms with Gasteiger partial charge in [0.2, 0.25) is 6.29 Å². The summed E-state index contributed by atoms with van der Waals surface area (Å²) in [6, 6.07) is 21.0. The largest absolute Gasteiger partial charge is 0.508 e. The van der Waals surface area contributed by atoms with Gasteiger partial charge in [-0.05, 0) is 70.8 Å². The molecule has 1 fully saturated rings. The molecule has 11 heteroatoms. The van der Waals surface area contributed by atoms with Crippen molar-refractivity contribution in [2.45, 2.75) is 42.7 Å². The number of hydrogen-bond donors (Lipinski definition) is 8. The van der Waals surface area contributed by atoms with Crippen LogP contribution in [0.3, 0.4) is 0 Å². The lowest BCUT2D eigenvalue weighted by Gasteiger charge is -2.39. The number of ether oxygens (including phenoxy) is 3. The number of fused-ring (bicyclic) bond motifs is 1. The van der Waals surface area contributed by atoms with Gasteiger partial charge in [0.15, 0.2) is 0 Å². The van der Waals surface area contributed by atoms with E-state index in [4.69, 9.17) is 14.2 Å². The number of hydrogen-bond acceptors (Lipinski definition) is 11. The van der Waals surface area contributed by atoms with Gasteiger partial charge in [0.05, 0.1) is 12.5 Å². The van der Waals surface area contributed by atoms with Crippen molar-refractivity contribution in [2.24, 2.45) is 0 Å². The molecule has 0 saturated carbocycles. The van der Waals surface area contributed by atoms with E-state index in [9.17, 15) is 40.9 Å². The van der Waals surface area contributed by atoms with Crippen molar-refractivity contribution in [2.75, 3.05) is 6.61 Å². The van der Waals surface area contributed by atoms with Gasteiger partial charge < -0.3 is 55.1 Å². The summed E-state index contributed by atoms with van der Waals surface area (Å²) in [4.78, 5) is 0. The van der Waals surface area contributed by atoms with Crippen LogP contribution in [0, 0.1) is 0 Å². The van der Waals surface area contributed by atoms with Crippen LogP contribution in [0.2, 0.25) is 0 Å². The standard InChI is InChI=1S/C34H32O11/c35-16-28-30(40)31(41)32(42)34(45-28)43-25-10-18(9-22(37)15-25)2-1-17-3-8-27-26(11-17)29(20-12-23(38)14-24(39)13-20)33(44-27)19-4-6-21(36)7-5-19/h1-15,28-42H,16H2/b2-1+. The molecule has 11 nitrogen and oxygen atoms in total. The van der Waals surface area contributed by atoms with Crippen LogP contribution in [0.5, 0.6) is 34.5 Å². The monoisotopic (exact) mass is 616 g/mol. The Morgan fingerprint density at radius 1 is 0.644 bits per heavy atom. The van der Waals surface area contributed by atoms with Crippen LogP contribution >= 0.6 is 0 Å². The second kappa shape index (κ2) is 12.3. The third-order valence-electron chi connectivity index (χ3n) is 7.91. The predicted octanol–water partition coefficient (Wildman–Crippen LogP) is 3.12. The Balaban J connectivity index is 1.28. The molecule has 1 saturated heterocycles. The number of phenols is 4. The molecule has 6 rings (SSSR count). The molecule has 45 heavy (non-hydrogen) atoms. The average Bonchev–Trinajstić information content (AvgIpc) is 3.39. The second-order valence-electron chi connectivity index (χ2n) is 11.1. The molecule has 0 amide bonds. The summed E-state index contributed by atoms with van der Waals surface area (Å²) in [5, 5.41) is 80.5. The van der Waals surface area contributed by atoms with Gasteiger partial charge in [-0.3, -0.25) is 0 Å². The number of aliphatic hydroxyl groups is 4. The van der Waals surface area contributed by atoms with E-state index in [0.29, 0.717) is 16.9 Å².